The lowest BCUT2D eigenvalue weighted by Gasteiger charge is -2.12. The molecule has 0 amide bonds. The van der Waals surface area contributed by atoms with Gasteiger partial charge in [-0.1, -0.05) is 6.07 Å². The molecule has 0 N–H and O–H groups in total. The Labute approximate surface area is 184 Å². The van der Waals surface area contributed by atoms with E-state index in [0.29, 0.717) is 35.7 Å². The second-order valence-corrected chi connectivity index (χ2v) is 8.72. The largest absolute Gasteiger partial charge is 0.303 e. The molecule has 0 spiro atoms. The van der Waals surface area contributed by atoms with E-state index in [1.165, 1.54) is 29.5 Å². The molecule has 1 atom stereocenters. The lowest BCUT2D eigenvalue weighted by atomic mass is 9.97. The first-order valence-corrected chi connectivity index (χ1v) is 10.8. The Morgan fingerprint density at radius 1 is 1.03 bits per heavy atom. The summed E-state index contributed by atoms with van der Waals surface area (Å²) in [5.74, 6) is -0.522. The van der Waals surface area contributed by atoms with Gasteiger partial charge in [0.1, 0.15) is 35.2 Å². The highest BCUT2D eigenvalue weighted by atomic mass is 32.1. The SMILES string of the molecule is O=CC1Cc2sc3c(c2C1)C(c1c(F)cccc1F)=NCc1nnc(-c2cccnn2)n1-3. The number of carbonyl (C=O) groups excluding carboxylic acids is 1. The van der Waals surface area contributed by atoms with E-state index in [1.807, 2.05) is 4.57 Å². The van der Waals surface area contributed by atoms with Crippen molar-refractivity contribution in [3.05, 3.63) is 75.6 Å². The van der Waals surface area contributed by atoms with Crippen molar-refractivity contribution in [1.29, 1.82) is 0 Å². The smallest absolute Gasteiger partial charge is 0.189 e. The Balaban J connectivity index is 1.64. The van der Waals surface area contributed by atoms with E-state index in [1.54, 1.807) is 18.3 Å². The molecular formula is C22H14F2N6OS. The van der Waals surface area contributed by atoms with Crippen LogP contribution in [-0.4, -0.2) is 37.0 Å². The van der Waals surface area contributed by atoms with Crippen molar-refractivity contribution in [2.75, 3.05) is 0 Å². The van der Waals surface area contributed by atoms with Crippen LogP contribution in [0.15, 0.2) is 41.5 Å². The lowest BCUT2D eigenvalue weighted by Crippen LogP contribution is -2.13. The van der Waals surface area contributed by atoms with E-state index in [9.17, 15) is 13.6 Å². The summed E-state index contributed by atoms with van der Waals surface area (Å²) in [5, 5.41) is 17.4. The number of hydrogen-bond acceptors (Lipinski definition) is 7. The summed E-state index contributed by atoms with van der Waals surface area (Å²) in [6.45, 7) is 0.0870. The number of halogens is 2. The van der Waals surface area contributed by atoms with Crippen LogP contribution in [0.3, 0.4) is 0 Å². The van der Waals surface area contributed by atoms with Crippen molar-refractivity contribution in [3.63, 3.8) is 0 Å². The molecular weight excluding hydrogens is 434 g/mol. The molecule has 1 aliphatic heterocycles. The van der Waals surface area contributed by atoms with Gasteiger partial charge in [-0.05, 0) is 42.7 Å². The van der Waals surface area contributed by atoms with Crippen molar-refractivity contribution >= 4 is 23.3 Å². The number of aromatic nitrogens is 5. The van der Waals surface area contributed by atoms with Crippen LogP contribution in [-0.2, 0) is 24.2 Å². The van der Waals surface area contributed by atoms with Crippen LogP contribution in [0.1, 0.15) is 27.4 Å². The molecule has 7 nitrogen and oxygen atoms in total. The maximum Gasteiger partial charge on any atom is 0.189 e. The summed E-state index contributed by atoms with van der Waals surface area (Å²) in [5.41, 5.74) is 2.10. The quantitative estimate of drug-likeness (QED) is 0.449. The third-order valence-electron chi connectivity index (χ3n) is 5.73. The summed E-state index contributed by atoms with van der Waals surface area (Å²) >= 11 is 1.47. The number of rotatable bonds is 3. The molecule has 32 heavy (non-hydrogen) atoms. The second kappa shape index (κ2) is 7.20. The molecule has 158 valence electrons. The van der Waals surface area contributed by atoms with Gasteiger partial charge in [-0.2, -0.15) is 5.10 Å². The van der Waals surface area contributed by atoms with Gasteiger partial charge in [-0.3, -0.25) is 9.56 Å². The molecule has 1 aromatic carbocycles. The Bertz CT molecular complexity index is 1390. The number of aldehydes is 1. The number of hydrogen-bond donors (Lipinski definition) is 0. The van der Waals surface area contributed by atoms with Gasteiger partial charge in [0.05, 0.1) is 11.3 Å². The van der Waals surface area contributed by atoms with Crippen LogP contribution in [0.4, 0.5) is 8.78 Å². The number of thiophene rings is 1. The minimum atomic E-state index is -0.689. The molecule has 1 aliphatic carbocycles. The van der Waals surface area contributed by atoms with Crippen LogP contribution in [0.2, 0.25) is 0 Å². The average Bonchev–Trinajstić information content (AvgIpc) is 3.46. The summed E-state index contributed by atoms with van der Waals surface area (Å²) in [4.78, 5) is 17.1. The predicted molar refractivity (Wildman–Crippen MR) is 113 cm³/mol. The molecule has 0 fully saturated rings. The summed E-state index contributed by atoms with van der Waals surface area (Å²) in [6.07, 6.45) is 3.58. The number of aliphatic imine (C=N–C) groups is 1. The van der Waals surface area contributed by atoms with Gasteiger partial charge < -0.3 is 4.79 Å². The van der Waals surface area contributed by atoms with E-state index >= 15 is 0 Å². The number of benzene rings is 1. The molecule has 0 saturated heterocycles. The maximum absolute atomic E-state index is 14.8. The predicted octanol–water partition coefficient (Wildman–Crippen LogP) is 3.33. The van der Waals surface area contributed by atoms with E-state index in [2.05, 4.69) is 25.4 Å². The minimum absolute atomic E-state index is 0.0870. The highest BCUT2D eigenvalue weighted by molar-refractivity contribution is 7.15. The number of nitrogens with zero attached hydrogens (tertiary/aromatic N) is 6. The van der Waals surface area contributed by atoms with E-state index < -0.39 is 11.6 Å². The highest BCUT2D eigenvalue weighted by Crippen LogP contribution is 2.43. The van der Waals surface area contributed by atoms with Gasteiger partial charge in [0.2, 0.25) is 0 Å². The second-order valence-electron chi connectivity index (χ2n) is 7.63. The topological polar surface area (TPSA) is 85.9 Å². The van der Waals surface area contributed by atoms with Crippen molar-refractivity contribution in [2.24, 2.45) is 10.9 Å². The monoisotopic (exact) mass is 448 g/mol. The molecule has 0 bridgehead atoms. The summed E-state index contributed by atoms with van der Waals surface area (Å²) in [7, 11) is 0. The molecule has 0 radical (unpaired) electrons. The average molecular weight is 448 g/mol. The first-order valence-electron chi connectivity index (χ1n) is 9.97. The number of fused-ring (bicyclic) bond motifs is 5. The summed E-state index contributed by atoms with van der Waals surface area (Å²) in [6, 6.07) is 7.29. The van der Waals surface area contributed by atoms with E-state index in [0.717, 1.165) is 21.7 Å². The molecule has 0 saturated carbocycles. The highest BCUT2D eigenvalue weighted by Gasteiger charge is 2.36. The molecule has 10 heteroatoms. The van der Waals surface area contributed by atoms with Crippen LogP contribution >= 0.6 is 11.3 Å². The van der Waals surface area contributed by atoms with Gasteiger partial charge in [-0.15, -0.1) is 26.6 Å². The van der Waals surface area contributed by atoms with Gasteiger partial charge >= 0.3 is 0 Å². The van der Waals surface area contributed by atoms with Crippen LogP contribution in [0.25, 0.3) is 16.5 Å². The first kappa shape index (κ1) is 19.1. The minimum Gasteiger partial charge on any atom is -0.303 e. The van der Waals surface area contributed by atoms with Gasteiger partial charge in [0, 0.05) is 22.6 Å². The number of carbonyl (C=O) groups is 1. The van der Waals surface area contributed by atoms with Gasteiger partial charge in [0.25, 0.3) is 0 Å². The molecule has 4 aromatic rings. The standard InChI is InChI=1S/C22H14F2N6OS/c23-13-3-1-4-14(24)19(13)20-18-12-7-11(10-31)8-16(12)32-22(18)30-17(9-25-20)28-29-21(30)15-5-2-6-26-27-15/h1-6,10-11H,7-9H2. The third-order valence-corrected chi connectivity index (χ3v) is 6.97. The van der Waals surface area contributed by atoms with E-state index in [4.69, 9.17) is 0 Å². The normalized spacial score (nSPS) is 16.7. The van der Waals surface area contributed by atoms with Gasteiger partial charge in [0.15, 0.2) is 11.6 Å². The van der Waals surface area contributed by atoms with Crippen molar-refractivity contribution in [2.45, 2.75) is 19.4 Å². The fourth-order valence-corrected chi connectivity index (χ4v) is 5.77. The van der Waals surface area contributed by atoms with E-state index in [-0.39, 0.29) is 23.7 Å². The Morgan fingerprint density at radius 3 is 2.62 bits per heavy atom. The van der Waals surface area contributed by atoms with Crippen molar-refractivity contribution < 1.29 is 13.6 Å². The molecule has 4 heterocycles. The molecule has 2 aliphatic rings. The Kier molecular flexibility index (Phi) is 4.29. The fourth-order valence-electron chi connectivity index (χ4n) is 4.32. The molecule has 1 unspecified atom stereocenters. The molecule has 6 rings (SSSR count). The first-order chi connectivity index (χ1) is 15.7. The van der Waals surface area contributed by atoms with Crippen LogP contribution in [0.5, 0.6) is 0 Å². The Morgan fingerprint density at radius 2 is 1.88 bits per heavy atom. The van der Waals surface area contributed by atoms with Crippen LogP contribution in [0, 0.1) is 17.6 Å². The molecule has 3 aromatic heterocycles. The van der Waals surface area contributed by atoms with Crippen LogP contribution < -0.4 is 0 Å². The zero-order valence-corrected chi connectivity index (χ0v) is 17.3. The fraction of sp³-hybridized carbons (Fsp3) is 0.182. The maximum atomic E-state index is 14.8. The Hall–Kier alpha value is -3.66. The zero-order valence-electron chi connectivity index (χ0n) is 16.5. The van der Waals surface area contributed by atoms with Crippen molar-refractivity contribution in [3.8, 4) is 16.5 Å². The van der Waals surface area contributed by atoms with Crippen molar-refractivity contribution in [1.82, 2.24) is 25.0 Å². The zero-order chi connectivity index (χ0) is 21.8. The lowest BCUT2D eigenvalue weighted by molar-refractivity contribution is -0.110. The third kappa shape index (κ3) is 2.76. The summed E-state index contributed by atoms with van der Waals surface area (Å²) < 4.78 is 31.5. The van der Waals surface area contributed by atoms with Gasteiger partial charge in [-0.25, -0.2) is 8.78 Å².